The van der Waals surface area contributed by atoms with Gasteiger partial charge in [0.1, 0.15) is 0 Å². The number of fused-ring (bicyclic) bond motifs is 3. The molecule has 0 aromatic heterocycles. The SMILES string of the molecule is CC1=CC[C@@H]2[C@]3(C)CC=C(C(C)C)[C@H]3CC[C@]2(C)C=C1. The molecule has 0 aliphatic heterocycles. The van der Waals surface area contributed by atoms with Crippen LogP contribution in [0.5, 0.6) is 0 Å². The van der Waals surface area contributed by atoms with Crippen molar-refractivity contribution in [2.75, 3.05) is 0 Å². The molecule has 0 spiro atoms. The van der Waals surface area contributed by atoms with Crippen LogP contribution in [0.25, 0.3) is 0 Å². The van der Waals surface area contributed by atoms with Gasteiger partial charge < -0.3 is 0 Å². The zero-order valence-corrected chi connectivity index (χ0v) is 13.9. The lowest BCUT2D eigenvalue weighted by molar-refractivity contribution is -0.00657. The summed E-state index contributed by atoms with van der Waals surface area (Å²) >= 11 is 0. The van der Waals surface area contributed by atoms with E-state index < -0.39 is 0 Å². The van der Waals surface area contributed by atoms with Crippen LogP contribution in [0.4, 0.5) is 0 Å². The lowest BCUT2D eigenvalue weighted by atomic mass is 9.50. The number of hydrogen-bond acceptors (Lipinski definition) is 0. The van der Waals surface area contributed by atoms with Crippen LogP contribution in [-0.4, -0.2) is 0 Å². The molecule has 0 aromatic carbocycles. The third-order valence-corrected chi connectivity index (χ3v) is 6.61. The Balaban J connectivity index is 1.98. The van der Waals surface area contributed by atoms with E-state index >= 15 is 0 Å². The van der Waals surface area contributed by atoms with E-state index in [1.807, 2.05) is 0 Å². The van der Waals surface area contributed by atoms with E-state index in [2.05, 4.69) is 58.9 Å². The van der Waals surface area contributed by atoms with Crippen molar-refractivity contribution in [1.82, 2.24) is 0 Å². The average Bonchev–Trinajstić information content (AvgIpc) is 2.64. The maximum atomic E-state index is 2.59. The van der Waals surface area contributed by atoms with Crippen LogP contribution in [0.1, 0.15) is 60.3 Å². The molecule has 20 heavy (non-hydrogen) atoms. The maximum Gasteiger partial charge on any atom is -0.0106 e. The fraction of sp³-hybridized carbons (Fsp3) is 0.700. The molecular weight excluding hydrogens is 240 g/mol. The fourth-order valence-corrected chi connectivity index (χ4v) is 5.34. The largest absolute Gasteiger partial charge is 0.0842 e. The van der Waals surface area contributed by atoms with Gasteiger partial charge in [-0.15, -0.1) is 0 Å². The molecule has 0 N–H and O–H groups in total. The third-order valence-electron chi connectivity index (χ3n) is 6.61. The molecule has 3 aliphatic rings. The molecule has 1 saturated carbocycles. The third kappa shape index (κ3) is 1.95. The summed E-state index contributed by atoms with van der Waals surface area (Å²) < 4.78 is 0. The van der Waals surface area contributed by atoms with Gasteiger partial charge in [0.2, 0.25) is 0 Å². The Hall–Kier alpha value is -0.780. The van der Waals surface area contributed by atoms with Crippen molar-refractivity contribution < 1.29 is 0 Å². The summed E-state index contributed by atoms with van der Waals surface area (Å²) in [5.41, 5.74) is 4.09. The van der Waals surface area contributed by atoms with Crippen LogP contribution in [0.2, 0.25) is 0 Å². The highest BCUT2D eigenvalue weighted by atomic mass is 14.6. The van der Waals surface area contributed by atoms with Crippen LogP contribution in [-0.2, 0) is 0 Å². The Labute approximate surface area is 125 Å². The van der Waals surface area contributed by atoms with Crippen molar-refractivity contribution in [3.8, 4) is 0 Å². The molecule has 1 fully saturated rings. The zero-order chi connectivity index (χ0) is 14.5. The van der Waals surface area contributed by atoms with Gasteiger partial charge in [0.15, 0.2) is 0 Å². The van der Waals surface area contributed by atoms with Crippen LogP contribution < -0.4 is 0 Å². The maximum absolute atomic E-state index is 2.59. The molecule has 0 aromatic rings. The van der Waals surface area contributed by atoms with Crippen LogP contribution >= 0.6 is 0 Å². The van der Waals surface area contributed by atoms with Crippen LogP contribution in [0.3, 0.4) is 0 Å². The van der Waals surface area contributed by atoms with Gasteiger partial charge in [-0.2, -0.15) is 0 Å². The van der Waals surface area contributed by atoms with E-state index in [1.165, 1.54) is 31.3 Å². The number of allylic oxidation sites excluding steroid dienone is 6. The molecule has 4 atom stereocenters. The lowest BCUT2D eigenvalue weighted by Crippen LogP contribution is -2.46. The Morgan fingerprint density at radius 1 is 1.20 bits per heavy atom. The van der Waals surface area contributed by atoms with Gasteiger partial charge in [-0.1, -0.05) is 63.1 Å². The van der Waals surface area contributed by atoms with Gasteiger partial charge in [-0.25, -0.2) is 0 Å². The number of hydrogen-bond donors (Lipinski definition) is 0. The molecular formula is C20H30. The Bertz CT molecular complexity index is 490. The molecule has 0 nitrogen and oxygen atoms in total. The highest BCUT2D eigenvalue weighted by molar-refractivity contribution is 5.30. The predicted molar refractivity (Wildman–Crippen MR) is 87.5 cm³/mol. The van der Waals surface area contributed by atoms with Gasteiger partial charge in [0, 0.05) is 0 Å². The van der Waals surface area contributed by atoms with Crippen LogP contribution in [0.15, 0.2) is 35.5 Å². The molecule has 0 bridgehead atoms. The molecule has 0 heteroatoms. The molecule has 0 unspecified atom stereocenters. The first kappa shape index (κ1) is 14.2. The summed E-state index contributed by atoms with van der Waals surface area (Å²) in [7, 11) is 0. The first-order valence-electron chi connectivity index (χ1n) is 8.43. The minimum atomic E-state index is 0.403. The van der Waals surface area contributed by atoms with E-state index in [0.29, 0.717) is 10.8 Å². The van der Waals surface area contributed by atoms with E-state index in [-0.39, 0.29) is 0 Å². The molecule has 0 amide bonds. The second kappa shape index (κ2) is 4.61. The van der Waals surface area contributed by atoms with E-state index in [0.717, 1.165) is 17.8 Å². The first-order chi connectivity index (χ1) is 9.37. The zero-order valence-electron chi connectivity index (χ0n) is 13.9. The summed E-state index contributed by atoms with van der Waals surface area (Å²) in [5.74, 6) is 2.36. The Kier molecular flexibility index (Phi) is 3.27. The molecule has 0 radical (unpaired) electrons. The van der Waals surface area contributed by atoms with Crippen molar-refractivity contribution >= 4 is 0 Å². The minimum absolute atomic E-state index is 0.403. The fourth-order valence-electron chi connectivity index (χ4n) is 5.34. The summed E-state index contributed by atoms with van der Waals surface area (Å²) in [5, 5.41) is 0. The summed E-state index contributed by atoms with van der Waals surface area (Å²) in [6.45, 7) is 12.1. The summed E-state index contributed by atoms with van der Waals surface area (Å²) in [6.07, 6.45) is 15.3. The van der Waals surface area contributed by atoms with Crippen LogP contribution in [0, 0.1) is 28.6 Å². The van der Waals surface area contributed by atoms with Gasteiger partial charge >= 0.3 is 0 Å². The van der Waals surface area contributed by atoms with E-state index in [4.69, 9.17) is 0 Å². The van der Waals surface area contributed by atoms with Gasteiger partial charge in [0.25, 0.3) is 0 Å². The normalized spacial score (nSPS) is 43.7. The molecule has 0 heterocycles. The Morgan fingerprint density at radius 3 is 2.65 bits per heavy atom. The highest BCUT2D eigenvalue weighted by Gasteiger charge is 2.54. The van der Waals surface area contributed by atoms with Gasteiger partial charge in [-0.05, 0) is 61.2 Å². The first-order valence-corrected chi connectivity index (χ1v) is 8.43. The molecule has 3 rings (SSSR count). The van der Waals surface area contributed by atoms with Crippen molar-refractivity contribution in [2.45, 2.75) is 60.3 Å². The highest BCUT2D eigenvalue weighted by Crippen LogP contribution is 2.63. The topological polar surface area (TPSA) is 0 Å². The standard InChI is InChI=1S/C20H30/c1-14(2)16-9-13-20(5)17(16)10-12-19(4)11-8-15(3)6-7-18(19)20/h6,8-9,11,14,17-18H,7,10,12-13H2,1-5H3/t17-,18+,19+,20-/m1/s1. The summed E-state index contributed by atoms with van der Waals surface area (Å²) in [4.78, 5) is 0. The van der Waals surface area contributed by atoms with Crippen molar-refractivity contribution in [1.29, 1.82) is 0 Å². The van der Waals surface area contributed by atoms with Crippen molar-refractivity contribution in [2.24, 2.45) is 28.6 Å². The van der Waals surface area contributed by atoms with Crippen molar-refractivity contribution in [3.05, 3.63) is 35.5 Å². The summed E-state index contributed by atoms with van der Waals surface area (Å²) in [6, 6.07) is 0. The minimum Gasteiger partial charge on any atom is -0.0842 e. The second-order valence-corrected chi connectivity index (χ2v) is 8.24. The average molecular weight is 270 g/mol. The smallest absolute Gasteiger partial charge is 0.0106 e. The second-order valence-electron chi connectivity index (χ2n) is 8.24. The Morgan fingerprint density at radius 2 is 1.95 bits per heavy atom. The van der Waals surface area contributed by atoms with Gasteiger partial charge in [-0.3, -0.25) is 0 Å². The molecule has 0 saturated heterocycles. The molecule has 110 valence electrons. The lowest BCUT2D eigenvalue weighted by Gasteiger charge is -2.53. The molecule has 3 aliphatic carbocycles. The predicted octanol–water partition coefficient (Wildman–Crippen LogP) is 5.92. The van der Waals surface area contributed by atoms with Gasteiger partial charge in [0.05, 0.1) is 0 Å². The monoisotopic (exact) mass is 270 g/mol. The number of rotatable bonds is 1. The quantitative estimate of drug-likeness (QED) is 0.519. The van der Waals surface area contributed by atoms with E-state index in [9.17, 15) is 0 Å². The van der Waals surface area contributed by atoms with E-state index in [1.54, 1.807) is 5.57 Å². The van der Waals surface area contributed by atoms with Crippen molar-refractivity contribution in [3.63, 3.8) is 0 Å².